The third-order valence-corrected chi connectivity index (χ3v) is 3.76. The van der Waals surface area contributed by atoms with Crippen molar-refractivity contribution in [2.75, 3.05) is 23.0 Å². The summed E-state index contributed by atoms with van der Waals surface area (Å²) in [4.78, 5) is 12.0. The number of alkyl halides is 1. The van der Waals surface area contributed by atoms with Gasteiger partial charge in [-0.05, 0) is 19.8 Å². The van der Waals surface area contributed by atoms with Gasteiger partial charge < -0.3 is 20.9 Å². The molecule has 0 atom stereocenters. The molecule has 7 heteroatoms. The molecule has 1 aliphatic carbocycles. The van der Waals surface area contributed by atoms with Crippen LogP contribution in [0.3, 0.4) is 0 Å². The van der Waals surface area contributed by atoms with Crippen molar-refractivity contribution in [2.45, 2.75) is 25.4 Å². The molecule has 0 aromatic heterocycles. The number of ether oxygens (including phenoxy) is 1. The summed E-state index contributed by atoms with van der Waals surface area (Å²) in [5.41, 5.74) is 5.02. The molecule has 5 nitrogen and oxygen atoms in total. The zero-order valence-corrected chi connectivity index (χ0v) is 13.2. The van der Waals surface area contributed by atoms with Crippen molar-refractivity contribution in [3.63, 3.8) is 0 Å². The van der Waals surface area contributed by atoms with E-state index in [1.165, 1.54) is 12.1 Å². The van der Waals surface area contributed by atoms with Crippen LogP contribution in [0.5, 0.6) is 5.75 Å². The number of amides is 1. The van der Waals surface area contributed by atoms with Crippen molar-refractivity contribution >= 4 is 33.2 Å². The van der Waals surface area contributed by atoms with Crippen molar-refractivity contribution < 1.29 is 19.0 Å². The molecule has 0 spiro atoms. The van der Waals surface area contributed by atoms with Crippen LogP contribution in [-0.2, 0) is 4.79 Å². The first-order valence-corrected chi connectivity index (χ1v) is 7.75. The largest absolute Gasteiger partial charge is 0.493 e. The van der Waals surface area contributed by atoms with E-state index in [0.717, 1.165) is 0 Å². The second-order valence-corrected chi connectivity index (χ2v) is 6.29. The summed E-state index contributed by atoms with van der Waals surface area (Å²) in [6, 6.07) is 2.66. The molecule has 1 aromatic rings. The molecule has 116 valence electrons. The van der Waals surface area contributed by atoms with E-state index in [1.807, 2.05) is 0 Å². The van der Waals surface area contributed by atoms with E-state index in [1.54, 1.807) is 6.92 Å². The molecule has 2 rings (SSSR count). The average Bonchev–Trinajstić information content (AvgIpc) is 2.37. The topological polar surface area (TPSA) is 84.6 Å². The summed E-state index contributed by atoms with van der Waals surface area (Å²) in [6.07, 6.45) is 0.736. The van der Waals surface area contributed by atoms with E-state index < -0.39 is 11.4 Å². The van der Waals surface area contributed by atoms with Gasteiger partial charge in [-0.25, -0.2) is 4.39 Å². The summed E-state index contributed by atoms with van der Waals surface area (Å²) >= 11 is 3.20. The number of aliphatic hydroxyl groups is 1. The van der Waals surface area contributed by atoms with Crippen molar-refractivity contribution in [3.8, 4) is 5.75 Å². The summed E-state index contributed by atoms with van der Waals surface area (Å²) in [5.74, 6) is -0.975. The SMILES string of the molecule is CC1(O)CC(C(=O)Nc2c(N)cc(OCCBr)cc2F)C1. The molecular weight excluding hydrogens is 343 g/mol. The normalized spacial score (nSPS) is 24.3. The fourth-order valence-corrected chi connectivity index (χ4v) is 2.55. The lowest BCUT2D eigenvalue weighted by Gasteiger charge is -2.39. The van der Waals surface area contributed by atoms with E-state index in [2.05, 4.69) is 21.2 Å². The van der Waals surface area contributed by atoms with Crippen LogP contribution >= 0.6 is 15.9 Å². The number of halogens is 2. The molecule has 0 aliphatic heterocycles. The van der Waals surface area contributed by atoms with Gasteiger partial charge >= 0.3 is 0 Å². The standard InChI is InChI=1S/C14H18BrFN2O3/c1-14(20)6-8(7-14)13(19)18-12-10(16)4-9(5-11(12)17)21-3-2-15/h4-5,8,20H,2-3,6-7,17H2,1H3,(H,18,19). The molecule has 1 fully saturated rings. The molecule has 21 heavy (non-hydrogen) atoms. The van der Waals surface area contributed by atoms with Crippen LogP contribution in [0.1, 0.15) is 19.8 Å². The average molecular weight is 361 g/mol. The maximum atomic E-state index is 14.0. The minimum Gasteiger partial charge on any atom is -0.493 e. The Bertz CT molecular complexity index is 520. The van der Waals surface area contributed by atoms with Gasteiger partial charge in [0.25, 0.3) is 0 Å². The van der Waals surface area contributed by atoms with Crippen molar-refractivity contribution in [3.05, 3.63) is 17.9 Å². The molecular formula is C14H18BrFN2O3. The van der Waals surface area contributed by atoms with Crippen LogP contribution in [0, 0.1) is 11.7 Å². The van der Waals surface area contributed by atoms with Crippen LogP contribution in [0.15, 0.2) is 12.1 Å². The maximum Gasteiger partial charge on any atom is 0.227 e. The maximum absolute atomic E-state index is 14.0. The van der Waals surface area contributed by atoms with Gasteiger partial charge in [-0.3, -0.25) is 4.79 Å². The van der Waals surface area contributed by atoms with Crippen molar-refractivity contribution in [1.29, 1.82) is 0 Å². The molecule has 0 unspecified atom stereocenters. The quantitative estimate of drug-likeness (QED) is 0.555. The molecule has 0 bridgehead atoms. The van der Waals surface area contributed by atoms with Crippen LogP contribution in [0.4, 0.5) is 15.8 Å². The molecule has 1 amide bonds. The van der Waals surface area contributed by atoms with Gasteiger partial charge in [-0.2, -0.15) is 0 Å². The van der Waals surface area contributed by atoms with Gasteiger partial charge in [0, 0.05) is 23.4 Å². The highest BCUT2D eigenvalue weighted by Crippen LogP contribution is 2.38. The molecule has 1 aromatic carbocycles. The highest BCUT2D eigenvalue weighted by molar-refractivity contribution is 9.09. The van der Waals surface area contributed by atoms with E-state index in [0.29, 0.717) is 30.5 Å². The van der Waals surface area contributed by atoms with Crippen molar-refractivity contribution in [1.82, 2.24) is 0 Å². The summed E-state index contributed by atoms with van der Waals surface area (Å²) < 4.78 is 19.3. The Morgan fingerprint density at radius 3 is 2.81 bits per heavy atom. The zero-order chi connectivity index (χ0) is 15.6. The zero-order valence-electron chi connectivity index (χ0n) is 11.7. The van der Waals surface area contributed by atoms with E-state index in [-0.39, 0.29) is 23.2 Å². The van der Waals surface area contributed by atoms with E-state index in [9.17, 15) is 14.3 Å². The minimum absolute atomic E-state index is 0.0438. The first kappa shape index (κ1) is 16.0. The lowest BCUT2D eigenvalue weighted by atomic mass is 9.72. The lowest BCUT2D eigenvalue weighted by molar-refractivity contribution is -0.133. The number of nitrogens with one attached hydrogen (secondary N) is 1. The number of benzene rings is 1. The van der Waals surface area contributed by atoms with E-state index in [4.69, 9.17) is 10.5 Å². The fraction of sp³-hybridized carbons (Fsp3) is 0.500. The second kappa shape index (κ2) is 6.19. The number of nitrogen functional groups attached to an aromatic ring is 1. The Balaban J connectivity index is 2.05. The predicted molar refractivity (Wildman–Crippen MR) is 82.1 cm³/mol. The summed E-state index contributed by atoms with van der Waals surface area (Å²) in [5, 5.41) is 12.7. The monoisotopic (exact) mass is 360 g/mol. The molecule has 0 saturated heterocycles. The first-order chi connectivity index (χ1) is 9.82. The van der Waals surface area contributed by atoms with Gasteiger partial charge in [0.1, 0.15) is 11.4 Å². The van der Waals surface area contributed by atoms with Crippen molar-refractivity contribution in [2.24, 2.45) is 5.92 Å². The number of carbonyl (C=O) groups is 1. The van der Waals surface area contributed by atoms with Crippen LogP contribution in [0.25, 0.3) is 0 Å². The van der Waals surface area contributed by atoms with E-state index >= 15 is 0 Å². The molecule has 1 saturated carbocycles. The number of anilines is 2. The fourth-order valence-electron chi connectivity index (χ4n) is 2.39. The van der Waals surface area contributed by atoms with Crippen LogP contribution in [0.2, 0.25) is 0 Å². The van der Waals surface area contributed by atoms with Gasteiger partial charge in [0.05, 0.1) is 17.9 Å². The second-order valence-electron chi connectivity index (χ2n) is 5.50. The third-order valence-electron chi connectivity index (χ3n) is 3.43. The summed E-state index contributed by atoms with van der Waals surface area (Å²) in [7, 11) is 0. The lowest BCUT2D eigenvalue weighted by Crippen LogP contribution is -2.46. The number of carbonyl (C=O) groups excluding carboxylic acids is 1. The minimum atomic E-state index is -0.806. The summed E-state index contributed by atoms with van der Waals surface area (Å²) in [6.45, 7) is 2.06. The smallest absolute Gasteiger partial charge is 0.227 e. The molecule has 4 N–H and O–H groups in total. The first-order valence-electron chi connectivity index (χ1n) is 6.63. The molecule has 0 radical (unpaired) electrons. The Morgan fingerprint density at radius 2 is 2.29 bits per heavy atom. The Hall–Kier alpha value is -1.34. The third kappa shape index (κ3) is 3.85. The number of rotatable bonds is 5. The predicted octanol–water partition coefficient (Wildman–Crippen LogP) is 2.28. The van der Waals surface area contributed by atoms with Crippen LogP contribution < -0.4 is 15.8 Å². The Labute approximate surface area is 130 Å². The molecule has 1 aliphatic rings. The van der Waals surface area contributed by atoms with Gasteiger partial charge in [0.15, 0.2) is 5.82 Å². The number of nitrogens with two attached hydrogens (primary N) is 1. The van der Waals surface area contributed by atoms with Gasteiger partial charge in [0.2, 0.25) is 5.91 Å². The Morgan fingerprint density at radius 1 is 1.62 bits per heavy atom. The Kier molecular flexibility index (Phi) is 4.73. The van der Waals surface area contributed by atoms with Crippen LogP contribution in [-0.4, -0.2) is 28.6 Å². The van der Waals surface area contributed by atoms with Gasteiger partial charge in [-0.15, -0.1) is 0 Å². The highest BCUT2D eigenvalue weighted by atomic mass is 79.9. The molecule has 0 heterocycles. The van der Waals surface area contributed by atoms with Gasteiger partial charge in [-0.1, -0.05) is 15.9 Å². The number of hydrogen-bond acceptors (Lipinski definition) is 4. The number of hydrogen-bond donors (Lipinski definition) is 3. The highest BCUT2D eigenvalue weighted by Gasteiger charge is 2.42.